The van der Waals surface area contributed by atoms with Crippen LogP contribution in [-0.2, 0) is 0 Å². The Labute approximate surface area is 116 Å². The molecule has 0 aliphatic heterocycles. The maximum atomic E-state index is 12.5. The van der Waals surface area contributed by atoms with Gasteiger partial charge in [-0.05, 0) is 37.8 Å². The van der Waals surface area contributed by atoms with Crippen molar-refractivity contribution in [2.75, 3.05) is 0 Å². The van der Waals surface area contributed by atoms with E-state index in [1.165, 1.54) is 0 Å². The summed E-state index contributed by atoms with van der Waals surface area (Å²) < 4.78 is 5.76. The van der Waals surface area contributed by atoms with Gasteiger partial charge in [-0.3, -0.25) is 4.79 Å². The predicted molar refractivity (Wildman–Crippen MR) is 77.7 cm³/mol. The second-order valence-corrected chi connectivity index (χ2v) is 5.48. The lowest BCUT2D eigenvalue weighted by Gasteiger charge is -2.14. The molecular weight excluding hydrogens is 236 g/mol. The van der Waals surface area contributed by atoms with E-state index in [2.05, 4.69) is 13.8 Å². The van der Waals surface area contributed by atoms with E-state index in [0.29, 0.717) is 6.10 Å². The standard InChI is InChI=1S/C17H24O2/c1-3-6-13(7-4-2)17(18)14-8-5-9-16(12-14)19-15-10-11-15/h5,8-9,12-13,15H,3-4,6-7,10-11H2,1-2H3. The van der Waals surface area contributed by atoms with E-state index in [1.54, 1.807) is 0 Å². The van der Waals surface area contributed by atoms with Crippen LogP contribution in [0.3, 0.4) is 0 Å². The van der Waals surface area contributed by atoms with Gasteiger partial charge in [-0.15, -0.1) is 0 Å². The summed E-state index contributed by atoms with van der Waals surface area (Å²) in [5.41, 5.74) is 0.810. The molecule has 0 unspecified atom stereocenters. The van der Waals surface area contributed by atoms with Crippen LogP contribution in [-0.4, -0.2) is 11.9 Å². The summed E-state index contributed by atoms with van der Waals surface area (Å²) in [6.07, 6.45) is 6.77. The van der Waals surface area contributed by atoms with Gasteiger partial charge in [0.15, 0.2) is 5.78 Å². The average molecular weight is 260 g/mol. The largest absolute Gasteiger partial charge is 0.490 e. The second-order valence-electron chi connectivity index (χ2n) is 5.48. The zero-order valence-electron chi connectivity index (χ0n) is 12.0. The van der Waals surface area contributed by atoms with Gasteiger partial charge >= 0.3 is 0 Å². The lowest BCUT2D eigenvalue weighted by atomic mass is 9.90. The highest BCUT2D eigenvalue weighted by Crippen LogP contribution is 2.28. The van der Waals surface area contributed by atoms with E-state index >= 15 is 0 Å². The Morgan fingerprint density at radius 3 is 2.53 bits per heavy atom. The van der Waals surface area contributed by atoms with E-state index in [-0.39, 0.29) is 11.7 Å². The number of ether oxygens (including phenoxy) is 1. The summed E-state index contributed by atoms with van der Waals surface area (Å²) in [5, 5.41) is 0. The van der Waals surface area contributed by atoms with Crippen LogP contribution < -0.4 is 4.74 Å². The van der Waals surface area contributed by atoms with E-state index in [0.717, 1.165) is 49.8 Å². The van der Waals surface area contributed by atoms with Crippen molar-refractivity contribution in [3.8, 4) is 5.75 Å². The molecule has 2 nitrogen and oxygen atoms in total. The Balaban J connectivity index is 2.07. The average Bonchev–Trinajstić information content (AvgIpc) is 3.22. The molecule has 1 aliphatic carbocycles. The fraction of sp³-hybridized carbons (Fsp3) is 0.588. The Kier molecular flexibility index (Phi) is 5.00. The summed E-state index contributed by atoms with van der Waals surface area (Å²) in [6, 6.07) is 7.71. The molecule has 0 spiro atoms. The Hall–Kier alpha value is -1.31. The minimum absolute atomic E-state index is 0.172. The molecule has 0 aromatic heterocycles. The van der Waals surface area contributed by atoms with Crippen LogP contribution in [0.2, 0.25) is 0 Å². The first-order valence-electron chi connectivity index (χ1n) is 7.55. The maximum Gasteiger partial charge on any atom is 0.166 e. The Morgan fingerprint density at radius 2 is 1.95 bits per heavy atom. The van der Waals surface area contributed by atoms with Crippen molar-refractivity contribution < 1.29 is 9.53 Å². The normalized spacial score (nSPS) is 14.7. The molecule has 104 valence electrons. The van der Waals surface area contributed by atoms with Crippen LogP contribution >= 0.6 is 0 Å². The van der Waals surface area contributed by atoms with Gasteiger partial charge < -0.3 is 4.74 Å². The number of benzene rings is 1. The van der Waals surface area contributed by atoms with Crippen LogP contribution in [0.5, 0.6) is 5.75 Å². The van der Waals surface area contributed by atoms with Crippen molar-refractivity contribution in [1.29, 1.82) is 0 Å². The molecule has 1 aromatic rings. The molecule has 19 heavy (non-hydrogen) atoms. The SMILES string of the molecule is CCCC(CCC)C(=O)c1cccc(OC2CC2)c1. The fourth-order valence-electron chi connectivity index (χ4n) is 2.44. The van der Waals surface area contributed by atoms with E-state index in [4.69, 9.17) is 4.74 Å². The van der Waals surface area contributed by atoms with Crippen molar-refractivity contribution in [3.05, 3.63) is 29.8 Å². The van der Waals surface area contributed by atoms with Gasteiger partial charge in [0.05, 0.1) is 6.10 Å². The molecule has 0 saturated heterocycles. The molecule has 0 N–H and O–H groups in total. The number of Topliss-reactive ketones (excluding diaryl/α,β-unsaturated/α-hetero) is 1. The number of carbonyl (C=O) groups is 1. The first-order chi connectivity index (χ1) is 9.24. The highest BCUT2D eigenvalue weighted by Gasteiger charge is 2.24. The summed E-state index contributed by atoms with van der Waals surface area (Å²) in [6.45, 7) is 4.28. The molecule has 1 aliphatic rings. The topological polar surface area (TPSA) is 26.3 Å². The molecule has 0 heterocycles. The molecule has 0 bridgehead atoms. The molecule has 2 heteroatoms. The minimum Gasteiger partial charge on any atom is -0.490 e. The first kappa shape index (κ1) is 14.1. The lowest BCUT2D eigenvalue weighted by molar-refractivity contribution is 0.0904. The van der Waals surface area contributed by atoms with E-state index in [9.17, 15) is 4.79 Å². The smallest absolute Gasteiger partial charge is 0.166 e. The minimum atomic E-state index is 0.172. The van der Waals surface area contributed by atoms with Gasteiger partial charge in [0, 0.05) is 11.5 Å². The van der Waals surface area contributed by atoms with E-state index < -0.39 is 0 Å². The zero-order valence-corrected chi connectivity index (χ0v) is 12.0. The number of hydrogen-bond acceptors (Lipinski definition) is 2. The number of carbonyl (C=O) groups excluding carboxylic acids is 1. The molecule has 2 rings (SSSR count). The molecule has 1 aromatic carbocycles. The third-order valence-electron chi connectivity index (χ3n) is 3.59. The van der Waals surface area contributed by atoms with Gasteiger partial charge in [-0.2, -0.15) is 0 Å². The van der Waals surface area contributed by atoms with Crippen molar-refractivity contribution >= 4 is 5.78 Å². The third kappa shape index (κ3) is 4.09. The molecule has 1 fully saturated rings. The summed E-state index contributed by atoms with van der Waals surface area (Å²) in [7, 11) is 0. The van der Waals surface area contributed by atoms with Gasteiger partial charge in [0.2, 0.25) is 0 Å². The van der Waals surface area contributed by atoms with E-state index in [1.807, 2.05) is 24.3 Å². The van der Waals surface area contributed by atoms with Gasteiger partial charge in [0.25, 0.3) is 0 Å². The first-order valence-corrected chi connectivity index (χ1v) is 7.55. The number of hydrogen-bond donors (Lipinski definition) is 0. The van der Waals surface area contributed by atoms with Gasteiger partial charge in [0.1, 0.15) is 5.75 Å². The van der Waals surface area contributed by atoms with Crippen LogP contribution in [0.1, 0.15) is 62.7 Å². The van der Waals surface area contributed by atoms with Gasteiger partial charge in [-0.1, -0.05) is 38.8 Å². The summed E-state index contributed by atoms with van der Waals surface area (Å²) in [5.74, 6) is 1.30. The molecular formula is C17H24O2. The lowest BCUT2D eigenvalue weighted by Crippen LogP contribution is -2.14. The quantitative estimate of drug-likeness (QED) is 0.637. The second kappa shape index (κ2) is 6.74. The Morgan fingerprint density at radius 1 is 1.26 bits per heavy atom. The van der Waals surface area contributed by atoms with Crippen LogP contribution in [0.25, 0.3) is 0 Å². The van der Waals surface area contributed by atoms with Crippen molar-refractivity contribution in [1.82, 2.24) is 0 Å². The summed E-state index contributed by atoms with van der Waals surface area (Å²) in [4.78, 5) is 12.5. The highest BCUT2D eigenvalue weighted by molar-refractivity contribution is 5.98. The van der Waals surface area contributed by atoms with Gasteiger partial charge in [-0.25, -0.2) is 0 Å². The third-order valence-corrected chi connectivity index (χ3v) is 3.59. The maximum absolute atomic E-state index is 12.5. The fourth-order valence-corrected chi connectivity index (χ4v) is 2.44. The van der Waals surface area contributed by atoms with Crippen LogP contribution in [0, 0.1) is 5.92 Å². The Bertz CT molecular complexity index is 415. The molecule has 1 saturated carbocycles. The molecule has 0 atom stereocenters. The van der Waals surface area contributed by atoms with Crippen LogP contribution in [0.15, 0.2) is 24.3 Å². The number of ketones is 1. The van der Waals surface area contributed by atoms with Crippen LogP contribution in [0.4, 0.5) is 0 Å². The predicted octanol–water partition coefficient (Wildman–Crippen LogP) is 4.63. The molecule has 0 radical (unpaired) electrons. The molecule has 0 amide bonds. The monoisotopic (exact) mass is 260 g/mol. The van der Waals surface area contributed by atoms with Crippen molar-refractivity contribution in [2.45, 2.75) is 58.5 Å². The van der Waals surface area contributed by atoms with Crippen molar-refractivity contribution in [3.63, 3.8) is 0 Å². The van der Waals surface area contributed by atoms with Crippen molar-refractivity contribution in [2.24, 2.45) is 5.92 Å². The zero-order chi connectivity index (χ0) is 13.7. The summed E-state index contributed by atoms with van der Waals surface area (Å²) >= 11 is 0. The highest BCUT2D eigenvalue weighted by atomic mass is 16.5. The number of rotatable bonds is 8.